The zero-order chi connectivity index (χ0) is 14.9. The van der Waals surface area contributed by atoms with Crippen molar-refractivity contribution in [2.45, 2.75) is 0 Å². The van der Waals surface area contributed by atoms with Crippen molar-refractivity contribution in [1.82, 2.24) is 15.2 Å². The Labute approximate surface area is 126 Å². The molecule has 0 spiro atoms. The second-order valence-electron chi connectivity index (χ2n) is 4.89. The quantitative estimate of drug-likeness (QED) is 0.537. The van der Waals surface area contributed by atoms with E-state index in [0.29, 0.717) is 11.7 Å². The molecule has 108 valence electrons. The summed E-state index contributed by atoms with van der Waals surface area (Å²) in [6.07, 6.45) is 1.60. The Morgan fingerprint density at radius 3 is 2.59 bits per heavy atom. The first-order valence-electron chi connectivity index (χ1n) is 6.81. The second kappa shape index (κ2) is 4.92. The van der Waals surface area contributed by atoms with E-state index >= 15 is 0 Å². The number of aromatic amines is 1. The van der Waals surface area contributed by atoms with Crippen LogP contribution < -0.4 is 11.1 Å². The Balaban J connectivity index is 1.59. The van der Waals surface area contributed by atoms with Crippen molar-refractivity contribution < 1.29 is 4.42 Å². The van der Waals surface area contributed by atoms with Gasteiger partial charge in [0.05, 0.1) is 17.6 Å². The van der Waals surface area contributed by atoms with E-state index in [1.165, 1.54) is 0 Å². The first kappa shape index (κ1) is 12.5. The summed E-state index contributed by atoms with van der Waals surface area (Å²) in [5, 5.41) is 9.95. The Bertz CT molecular complexity index is 890. The molecular formula is C16H13N5O. The zero-order valence-corrected chi connectivity index (χ0v) is 11.6. The standard InChI is InChI=1S/C16H13N5O/c17-12-9-18-21-15(12)10-5-7-11(8-6-10)19-16-20-13-3-1-2-4-14(13)22-16/h1-9H,17H2,(H,18,21)(H,19,20). The SMILES string of the molecule is Nc1cn[nH]c1-c1ccc(Nc2nc3ccccc3o2)cc1. The van der Waals surface area contributed by atoms with E-state index in [1.807, 2.05) is 48.5 Å². The molecular weight excluding hydrogens is 278 g/mol. The maximum absolute atomic E-state index is 5.84. The minimum Gasteiger partial charge on any atom is -0.423 e. The van der Waals surface area contributed by atoms with E-state index in [-0.39, 0.29) is 0 Å². The molecule has 0 saturated heterocycles. The highest BCUT2D eigenvalue weighted by atomic mass is 16.4. The molecule has 4 N–H and O–H groups in total. The van der Waals surface area contributed by atoms with Gasteiger partial charge in [0.2, 0.25) is 0 Å². The van der Waals surface area contributed by atoms with Gasteiger partial charge in [-0.2, -0.15) is 10.1 Å². The van der Waals surface area contributed by atoms with Gasteiger partial charge in [0.1, 0.15) is 5.52 Å². The van der Waals surface area contributed by atoms with Crippen LogP contribution in [0.4, 0.5) is 17.4 Å². The number of rotatable bonds is 3. The number of nitrogens with zero attached hydrogens (tertiary/aromatic N) is 2. The summed E-state index contributed by atoms with van der Waals surface area (Å²) < 4.78 is 5.64. The lowest BCUT2D eigenvalue weighted by molar-refractivity contribution is 0.623. The summed E-state index contributed by atoms with van der Waals surface area (Å²) >= 11 is 0. The van der Waals surface area contributed by atoms with Gasteiger partial charge in [0.25, 0.3) is 6.01 Å². The molecule has 6 heteroatoms. The molecule has 2 heterocycles. The Hall–Kier alpha value is -3.28. The lowest BCUT2D eigenvalue weighted by Crippen LogP contribution is -1.91. The molecule has 0 saturated carbocycles. The van der Waals surface area contributed by atoms with Crippen molar-refractivity contribution in [3.8, 4) is 11.3 Å². The number of aromatic nitrogens is 3. The third-order valence-corrected chi connectivity index (χ3v) is 3.39. The number of fused-ring (bicyclic) bond motifs is 1. The molecule has 0 amide bonds. The Morgan fingerprint density at radius 1 is 1.05 bits per heavy atom. The van der Waals surface area contributed by atoms with E-state index < -0.39 is 0 Å². The van der Waals surface area contributed by atoms with Crippen LogP contribution in [0.15, 0.2) is 59.1 Å². The summed E-state index contributed by atoms with van der Waals surface area (Å²) in [6.45, 7) is 0. The van der Waals surface area contributed by atoms with Crippen molar-refractivity contribution in [2.75, 3.05) is 11.1 Å². The van der Waals surface area contributed by atoms with Gasteiger partial charge >= 0.3 is 0 Å². The topological polar surface area (TPSA) is 92.8 Å². The number of oxazole rings is 1. The molecule has 0 radical (unpaired) electrons. The molecule has 0 atom stereocenters. The summed E-state index contributed by atoms with van der Waals surface area (Å²) in [6, 6.07) is 15.9. The number of anilines is 3. The van der Waals surface area contributed by atoms with Crippen LogP contribution in [0.25, 0.3) is 22.4 Å². The number of hydrogen-bond donors (Lipinski definition) is 3. The molecule has 22 heavy (non-hydrogen) atoms. The molecule has 2 aromatic heterocycles. The van der Waals surface area contributed by atoms with E-state index in [0.717, 1.165) is 28.0 Å². The summed E-state index contributed by atoms with van der Waals surface area (Å²) in [5.41, 5.74) is 10.7. The minimum atomic E-state index is 0.468. The zero-order valence-electron chi connectivity index (χ0n) is 11.6. The fourth-order valence-electron chi connectivity index (χ4n) is 2.30. The first-order valence-corrected chi connectivity index (χ1v) is 6.81. The molecule has 0 aliphatic rings. The van der Waals surface area contributed by atoms with Crippen molar-refractivity contribution in [3.63, 3.8) is 0 Å². The maximum Gasteiger partial charge on any atom is 0.300 e. The van der Waals surface area contributed by atoms with E-state index in [4.69, 9.17) is 10.2 Å². The van der Waals surface area contributed by atoms with Crippen LogP contribution in [0.1, 0.15) is 0 Å². The molecule has 4 rings (SSSR count). The average Bonchev–Trinajstić information content (AvgIpc) is 3.13. The lowest BCUT2D eigenvalue weighted by Gasteiger charge is -2.03. The molecule has 6 nitrogen and oxygen atoms in total. The number of H-pyrrole nitrogens is 1. The number of nitrogen functional groups attached to an aromatic ring is 1. The van der Waals surface area contributed by atoms with Gasteiger partial charge in [-0.15, -0.1) is 0 Å². The van der Waals surface area contributed by atoms with Crippen LogP contribution in [0.5, 0.6) is 0 Å². The second-order valence-corrected chi connectivity index (χ2v) is 4.89. The van der Waals surface area contributed by atoms with Crippen LogP contribution in [0.2, 0.25) is 0 Å². The average molecular weight is 291 g/mol. The van der Waals surface area contributed by atoms with Crippen LogP contribution in [0, 0.1) is 0 Å². The van der Waals surface area contributed by atoms with Gasteiger partial charge in [-0.1, -0.05) is 24.3 Å². The van der Waals surface area contributed by atoms with E-state index in [9.17, 15) is 0 Å². The largest absolute Gasteiger partial charge is 0.423 e. The fourth-order valence-corrected chi connectivity index (χ4v) is 2.30. The maximum atomic E-state index is 5.84. The Morgan fingerprint density at radius 2 is 1.86 bits per heavy atom. The predicted molar refractivity (Wildman–Crippen MR) is 85.7 cm³/mol. The number of benzene rings is 2. The van der Waals surface area contributed by atoms with Crippen molar-refractivity contribution in [1.29, 1.82) is 0 Å². The van der Waals surface area contributed by atoms with Crippen LogP contribution in [-0.4, -0.2) is 15.2 Å². The van der Waals surface area contributed by atoms with Crippen LogP contribution >= 0.6 is 0 Å². The fraction of sp³-hybridized carbons (Fsp3) is 0. The summed E-state index contributed by atoms with van der Waals surface area (Å²) in [4.78, 5) is 4.38. The van der Waals surface area contributed by atoms with Crippen molar-refractivity contribution in [3.05, 3.63) is 54.7 Å². The highest BCUT2D eigenvalue weighted by Gasteiger charge is 2.07. The molecule has 4 aromatic rings. The molecule has 0 aliphatic carbocycles. The lowest BCUT2D eigenvalue weighted by atomic mass is 10.1. The molecule has 0 bridgehead atoms. The number of nitrogens with one attached hydrogen (secondary N) is 2. The number of hydrogen-bond acceptors (Lipinski definition) is 5. The third kappa shape index (κ3) is 2.16. The molecule has 0 aliphatic heterocycles. The van der Waals surface area contributed by atoms with Gasteiger partial charge in [-0.05, 0) is 24.3 Å². The van der Waals surface area contributed by atoms with E-state index in [2.05, 4.69) is 20.5 Å². The highest BCUT2D eigenvalue weighted by Crippen LogP contribution is 2.26. The minimum absolute atomic E-state index is 0.468. The first-order chi connectivity index (χ1) is 10.8. The van der Waals surface area contributed by atoms with Crippen molar-refractivity contribution in [2.24, 2.45) is 0 Å². The van der Waals surface area contributed by atoms with Gasteiger partial charge in [0, 0.05) is 11.3 Å². The number of para-hydroxylation sites is 2. The molecule has 0 fully saturated rings. The summed E-state index contributed by atoms with van der Waals surface area (Å²) in [5.74, 6) is 0. The smallest absolute Gasteiger partial charge is 0.300 e. The highest BCUT2D eigenvalue weighted by molar-refractivity contribution is 5.76. The third-order valence-electron chi connectivity index (χ3n) is 3.39. The normalized spacial score (nSPS) is 10.9. The van der Waals surface area contributed by atoms with Gasteiger partial charge in [0.15, 0.2) is 5.58 Å². The van der Waals surface area contributed by atoms with Crippen LogP contribution in [0.3, 0.4) is 0 Å². The Kier molecular flexibility index (Phi) is 2.79. The summed E-state index contributed by atoms with van der Waals surface area (Å²) in [7, 11) is 0. The predicted octanol–water partition coefficient (Wildman–Crippen LogP) is 3.54. The molecule has 2 aromatic carbocycles. The van der Waals surface area contributed by atoms with Crippen LogP contribution in [-0.2, 0) is 0 Å². The monoisotopic (exact) mass is 291 g/mol. The van der Waals surface area contributed by atoms with Crippen molar-refractivity contribution >= 4 is 28.5 Å². The van der Waals surface area contributed by atoms with Gasteiger partial charge < -0.3 is 15.5 Å². The van der Waals surface area contributed by atoms with Gasteiger partial charge in [-0.25, -0.2) is 0 Å². The molecule has 0 unspecified atom stereocenters. The van der Waals surface area contributed by atoms with Gasteiger partial charge in [-0.3, -0.25) is 5.10 Å². The van der Waals surface area contributed by atoms with E-state index in [1.54, 1.807) is 6.20 Å². The number of nitrogens with two attached hydrogens (primary N) is 1.